The second kappa shape index (κ2) is 10.2. The molecule has 0 spiro atoms. The highest BCUT2D eigenvalue weighted by Gasteiger charge is 2.42. The molecule has 0 bridgehead atoms. The number of amides is 1. The van der Waals surface area contributed by atoms with Crippen molar-refractivity contribution in [3.63, 3.8) is 0 Å². The average molecular weight is 499 g/mol. The molecule has 1 aliphatic carbocycles. The molecule has 1 unspecified atom stereocenters. The minimum atomic E-state index is -0.0433. The van der Waals surface area contributed by atoms with Gasteiger partial charge >= 0.3 is 0 Å². The topological polar surface area (TPSA) is 35.9 Å². The minimum Gasteiger partial charge on any atom is -0.333 e. The molecule has 2 aliphatic rings. The van der Waals surface area contributed by atoms with Crippen molar-refractivity contribution < 1.29 is 4.79 Å². The lowest BCUT2D eigenvalue weighted by Gasteiger charge is -2.34. The van der Waals surface area contributed by atoms with Crippen molar-refractivity contribution in [1.82, 2.24) is 9.80 Å². The van der Waals surface area contributed by atoms with Gasteiger partial charge in [-0.2, -0.15) is 0 Å². The van der Waals surface area contributed by atoms with Gasteiger partial charge < -0.3 is 9.80 Å². The fourth-order valence-corrected chi connectivity index (χ4v) is 4.89. The van der Waals surface area contributed by atoms with Gasteiger partial charge in [0.2, 0.25) is 0 Å². The predicted molar refractivity (Wildman–Crippen MR) is 138 cm³/mol. The number of aliphatic imine (C=N–C) groups is 1. The summed E-state index contributed by atoms with van der Waals surface area (Å²) >= 11 is 3.71. The van der Waals surface area contributed by atoms with Crippen LogP contribution in [0.5, 0.6) is 0 Å². The summed E-state index contributed by atoms with van der Waals surface area (Å²) < 4.78 is 1.02. The lowest BCUT2D eigenvalue weighted by atomic mass is 9.94. The third-order valence-corrected chi connectivity index (χ3v) is 7.88. The molecule has 1 heterocycles. The second-order valence-corrected chi connectivity index (χ2v) is 10.0. The third-order valence-electron chi connectivity index (χ3n) is 6.98. The third kappa shape index (κ3) is 5.25. The lowest BCUT2D eigenvalue weighted by molar-refractivity contribution is -0.126. The Morgan fingerprint density at radius 1 is 1.34 bits per heavy atom. The summed E-state index contributed by atoms with van der Waals surface area (Å²) in [7, 11) is 2.05. The van der Waals surface area contributed by atoms with Gasteiger partial charge in [-0.15, -0.1) is 0 Å². The van der Waals surface area contributed by atoms with Crippen LogP contribution in [-0.4, -0.2) is 35.5 Å². The molecule has 0 radical (unpaired) electrons. The molecule has 0 N–H and O–H groups in total. The quantitative estimate of drug-likeness (QED) is 0.308. The number of benzene rings is 1. The minimum absolute atomic E-state index is 0.0433. The van der Waals surface area contributed by atoms with E-state index in [1.165, 1.54) is 41.5 Å². The first-order chi connectivity index (χ1) is 15.2. The monoisotopic (exact) mass is 497 g/mol. The summed E-state index contributed by atoms with van der Waals surface area (Å²) in [6, 6.07) is 8.45. The van der Waals surface area contributed by atoms with E-state index in [-0.39, 0.29) is 17.4 Å². The first kappa shape index (κ1) is 24.5. The van der Waals surface area contributed by atoms with Gasteiger partial charge in [-0.1, -0.05) is 65.7 Å². The SMILES string of the molecule is C/C=C(\N(C)/C(=C\C(Br)=C(\C)CC)N=CC(=O)N1CCc2ccccc2C1C)C1(C)CC1. The Morgan fingerprint density at radius 2 is 2.03 bits per heavy atom. The average Bonchev–Trinajstić information content (AvgIpc) is 3.54. The van der Waals surface area contributed by atoms with E-state index < -0.39 is 0 Å². The van der Waals surface area contributed by atoms with Gasteiger partial charge in [0, 0.05) is 29.2 Å². The van der Waals surface area contributed by atoms with Crippen LogP contribution in [0, 0.1) is 5.41 Å². The zero-order chi connectivity index (χ0) is 23.5. The molecular formula is C27H36BrN3O. The van der Waals surface area contributed by atoms with E-state index in [0.717, 1.165) is 23.1 Å². The van der Waals surface area contributed by atoms with Gasteiger partial charge in [0.05, 0.1) is 12.3 Å². The van der Waals surface area contributed by atoms with E-state index in [1.54, 1.807) is 0 Å². The molecule has 172 valence electrons. The maximum atomic E-state index is 13.2. The summed E-state index contributed by atoms with van der Waals surface area (Å²) in [5, 5.41) is 0. The van der Waals surface area contributed by atoms with Gasteiger partial charge in [0.15, 0.2) is 0 Å². The number of hydrogen-bond donors (Lipinski definition) is 0. The number of carbonyl (C=O) groups is 1. The summed E-state index contributed by atoms with van der Waals surface area (Å²) in [6.45, 7) is 11.4. The lowest BCUT2D eigenvalue weighted by Crippen LogP contribution is -2.39. The molecule has 1 aromatic rings. The largest absolute Gasteiger partial charge is 0.333 e. The number of rotatable bonds is 7. The fourth-order valence-electron chi connectivity index (χ4n) is 4.41. The Labute approximate surface area is 201 Å². The zero-order valence-corrected chi connectivity index (χ0v) is 21.9. The summed E-state index contributed by atoms with van der Waals surface area (Å²) in [5.41, 5.74) is 5.26. The molecule has 3 rings (SSSR count). The molecule has 0 saturated heterocycles. The van der Waals surface area contributed by atoms with Crippen LogP contribution in [-0.2, 0) is 11.2 Å². The van der Waals surface area contributed by atoms with Crippen LogP contribution < -0.4 is 0 Å². The summed E-state index contributed by atoms with van der Waals surface area (Å²) in [4.78, 5) is 21.9. The molecule has 1 amide bonds. The van der Waals surface area contributed by atoms with Crippen molar-refractivity contribution in [3.8, 4) is 0 Å². The second-order valence-electron chi connectivity index (χ2n) is 9.19. The number of allylic oxidation sites excluding steroid dienone is 5. The Hall–Kier alpha value is -2.14. The van der Waals surface area contributed by atoms with E-state index in [1.807, 2.05) is 24.1 Å². The molecule has 0 aromatic heterocycles. The molecule has 1 saturated carbocycles. The van der Waals surface area contributed by atoms with Crippen molar-refractivity contribution in [2.24, 2.45) is 10.4 Å². The molecule has 1 fully saturated rings. The van der Waals surface area contributed by atoms with Crippen LogP contribution >= 0.6 is 15.9 Å². The molecular weight excluding hydrogens is 462 g/mol. The first-order valence-electron chi connectivity index (χ1n) is 11.6. The number of halogens is 1. The van der Waals surface area contributed by atoms with Crippen LogP contribution in [0.3, 0.4) is 0 Å². The van der Waals surface area contributed by atoms with E-state index >= 15 is 0 Å². The van der Waals surface area contributed by atoms with Crippen LogP contribution in [0.1, 0.15) is 71.0 Å². The molecule has 4 nitrogen and oxygen atoms in total. The Bertz CT molecular complexity index is 984. The van der Waals surface area contributed by atoms with Gasteiger partial charge in [-0.05, 0) is 63.7 Å². The Kier molecular flexibility index (Phi) is 7.81. The van der Waals surface area contributed by atoms with Crippen molar-refractivity contribution in [1.29, 1.82) is 0 Å². The highest BCUT2D eigenvalue weighted by Crippen LogP contribution is 2.52. The van der Waals surface area contributed by atoms with E-state index in [2.05, 4.69) is 79.7 Å². The van der Waals surface area contributed by atoms with Crippen LogP contribution in [0.25, 0.3) is 0 Å². The van der Waals surface area contributed by atoms with Gasteiger partial charge in [0.25, 0.3) is 5.91 Å². The molecule has 1 aliphatic heterocycles. The van der Waals surface area contributed by atoms with E-state index in [9.17, 15) is 4.79 Å². The number of nitrogens with zero attached hydrogens (tertiary/aromatic N) is 3. The summed E-state index contributed by atoms with van der Waals surface area (Å²) in [5.74, 6) is 0.725. The number of carbonyl (C=O) groups excluding carboxylic acids is 1. The van der Waals surface area contributed by atoms with Gasteiger partial charge in [-0.25, -0.2) is 4.99 Å². The zero-order valence-electron chi connectivity index (χ0n) is 20.3. The van der Waals surface area contributed by atoms with Crippen molar-refractivity contribution in [2.45, 2.75) is 66.3 Å². The van der Waals surface area contributed by atoms with E-state index in [0.29, 0.717) is 6.54 Å². The number of hydrogen-bond acceptors (Lipinski definition) is 3. The van der Waals surface area contributed by atoms with E-state index in [4.69, 9.17) is 4.99 Å². The van der Waals surface area contributed by atoms with Crippen LogP contribution in [0.15, 0.2) is 63.0 Å². The van der Waals surface area contributed by atoms with Gasteiger partial charge in [0.1, 0.15) is 5.82 Å². The molecule has 1 aromatic carbocycles. The van der Waals surface area contributed by atoms with Crippen molar-refractivity contribution in [3.05, 3.63) is 69.1 Å². The normalized spacial score (nSPS) is 21.3. The molecule has 1 atom stereocenters. The summed E-state index contributed by atoms with van der Waals surface area (Å²) in [6.07, 6.45) is 9.91. The smallest absolute Gasteiger partial charge is 0.265 e. The molecule has 32 heavy (non-hydrogen) atoms. The van der Waals surface area contributed by atoms with Crippen molar-refractivity contribution in [2.75, 3.05) is 13.6 Å². The Balaban J connectivity index is 1.87. The van der Waals surface area contributed by atoms with Crippen LogP contribution in [0.4, 0.5) is 0 Å². The Morgan fingerprint density at radius 3 is 2.66 bits per heavy atom. The highest BCUT2D eigenvalue weighted by molar-refractivity contribution is 9.11. The molecule has 5 heteroatoms. The first-order valence-corrected chi connectivity index (χ1v) is 12.4. The highest BCUT2D eigenvalue weighted by atomic mass is 79.9. The van der Waals surface area contributed by atoms with Crippen LogP contribution in [0.2, 0.25) is 0 Å². The fraction of sp³-hybridized carbons (Fsp3) is 0.481. The predicted octanol–water partition coefficient (Wildman–Crippen LogP) is 6.76. The standard InChI is InChI=1S/C27H36BrN3O/c1-7-19(3)23(28)17-25(30(6)24(8-2)27(5)14-15-27)29-18-26(32)31-16-13-21-11-9-10-12-22(21)20(31)4/h8-12,17-18,20H,7,13-16H2,1-6H3/b23-19+,24-8-,25-17-,29-18?. The van der Waals surface area contributed by atoms with Gasteiger partial charge in [-0.3, -0.25) is 4.79 Å². The van der Waals surface area contributed by atoms with Crippen molar-refractivity contribution >= 4 is 28.1 Å². The maximum absolute atomic E-state index is 13.2. The number of fused-ring (bicyclic) bond motifs is 1. The maximum Gasteiger partial charge on any atom is 0.265 e.